The van der Waals surface area contributed by atoms with E-state index in [1.54, 1.807) is 11.3 Å². The normalized spacial score (nSPS) is 20.9. The fraction of sp³-hybridized carbons (Fsp3) is 0.480. The Morgan fingerprint density at radius 1 is 1.03 bits per heavy atom. The molecule has 0 radical (unpaired) electrons. The molecule has 4 amide bonds. The van der Waals surface area contributed by atoms with Gasteiger partial charge in [0.25, 0.3) is 0 Å². The summed E-state index contributed by atoms with van der Waals surface area (Å²) in [5.74, 6) is -0.113. The zero-order valence-electron chi connectivity index (χ0n) is 18.4. The van der Waals surface area contributed by atoms with Crippen LogP contribution in [0.1, 0.15) is 55.4 Å². The van der Waals surface area contributed by atoms with Crippen LogP contribution in [-0.2, 0) is 22.7 Å². The molecule has 0 bridgehead atoms. The molecule has 2 aliphatic rings. The highest BCUT2D eigenvalue weighted by molar-refractivity contribution is 7.09. The third kappa shape index (κ3) is 5.38. The van der Waals surface area contributed by atoms with Crippen LogP contribution in [0.5, 0.6) is 0 Å². The first kappa shape index (κ1) is 22.5. The summed E-state index contributed by atoms with van der Waals surface area (Å²) in [6, 6.07) is 13.8. The molecular formula is C25H31N3O3S. The van der Waals surface area contributed by atoms with Crippen LogP contribution in [0.2, 0.25) is 0 Å². The molecule has 2 heterocycles. The van der Waals surface area contributed by atoms with E-state index in [1.807, 2.05) is 52.7 Å². The first-order valence-electron chi connectivity index (χ1n) is 11.6. The molecule has 6 nitrogen and oxygen atoms in total. The van der Waals surface area contributed by atoms with E-state index in [9.17, 15) is 14.4 Å². The SMILES string of the molecule is O=C(CCCCN1C(=O)C2CCCCC2N(Cc2ccccc2)C1=O)NCc1cccs1. The lowest BCUT2D eigenvalue weighted by atomic mass is 9.81. The number of unbranched alkanes of at least 4 members (excludes halogenated alkanes) is 1. The van der Waals surface area contributed by atoms with Gasteiger partial charge < -0.3 is 10.2 Å². The molecule has 32 heavy (non-hydrogen) atoms. The number of nitrogens with zero attached hydrogens (tertiary/aromatic N) is 2. The van der Waals surface area contributed by atoms with Crippen LogP contribution in [0.15, 0.2) is 47.8 Å². The maximum Gasteiger partial charge on any atom is 0.327 e. The molecule has 170 valence electrons. The van der Waals surface area contributed by atoms with Crippen molar-refractivity contribution in [1.82, 2.24) is 15.1 Å². The molecule has 1 saturated heterocycles. The Labute approximate surface area is 193 Å². The van der Waals surface area contributed by atoms with Gasteiger partial charge in [0.15, 0.2) is 0 Å². The number of carbonyl (C=O) groups is 3. The summed E-state index contributed by atoms with van der Waals surface area (Å²) in [5.41, 5.74) is 1.09. The number of urea groups is 1. The predicted octanol–water partition coefficient (Wildman–Crippen LogP) is 4.56. The van der Waals surface area contributed by atoms with E-state index in [0.717, 1.165) is 36.1 Å². The molecule has 1 aromatic carbocycles. The topological polar surface area (TPSA) is 69.7 Å². The van der Waals surface area contributed by atoms with Gasteiger partial charge in [0, 0.05) is 30.4 Å². The highest BCUT2D eigenvalue weighted by Crippen LogP contribution is 2.35. The van der Waals surface area contributed by atoms with Gasteiger partial charge in [0.1, 0.15) is 0 Å². The second-order valence-electron chi connectivity index (χ2n) is 8.66. The Bertz CT molecular complexity index is 916. The van der Waals surface area contributed by atoms with Gasteiger partial charge in [-0.25, -0.2) is 4.79 Å². The monoisotopic (exact) mass is 453 g/mol. The lowest BCUT2D eigenvalue weighted by Crippen LogP contribution is -2.62. The summed E-state index contributed by atoms with van der Waals surface area (Å²) >= 11 is 1.62. The number of thiophene rings is 1. The zero-order valence-corrected chi connectivity index (χ0v) is 19.2. The Balaban J connectivity index is 1.32. The lowest BCUT2D eigenvalue weighted by Gasteiger charge is -2.47. The van der Waals surface area contributed by atoms with E-state index in [2.05, 4.69) is 5.32 Å². The summed E-state index contributed by atoms with van der Waals surface area (Å²) in [6.07, 6.45) is 5.55. The third-order valence-electron chi connectivity index (χ3n) is 6.46. The average Bonchev–Trinajstić information content (AvgIpc) is 3.34. The van der Waals surface area contributed by atoms with Crippen molar-refractivity contribution < 1.29 is 14.4 Å². The lowest BCUT2D eigenvalue weighted by molar-refractivity contribution is -0.140. The van der Waals surface area contributed by atoms with Crippen LogP contribution >= 0.6 is 11.3 Å². The molecule has 2 aromatic rings. The van der Waals surface area contributed by atoms with Gasteiger partial charge in [-0.3, -0.25) is 14.5 Å². The average molecular weight is 454 g/mol. The summed E-state index contributed by atoms with van der Waals surface area (Å²) < 4.78 is 0. The van der Waals surface area contributed by atoms with Crippen molar-refractivity contribution in [3.8, 4) is 0 Å². The van der Waals surface area contributed by atoms with Gasteiger partial charge in [0.05, 0.1) is 12.5 Å². The van der Waals surface area contributed by atoms with Gasteiger partial charge in [-0.15, -0.1) is 11.3 Å². The van der Waals surface area contributed by atoms with Crippen LogP contribution in [0.3, 0.4) is 0 Å². The highest BCUT2D eigenvalue weighted by atomic mass is 32.1. The van der Waals surface area contributed by atoms with E-state index >= 15 is 0 Å². The fourth-order valence-corrected chi connectivity index (χ4v) is 5.42. The third-order valence-corrected chi connectivity index (χ3v) is 7.34. The van der Waals surface area contributed by atoms with Crippen molar-refractivity contribution in [2.75, 3.05) is 6.54 Å². The minimum Gasteiger partial charge on any atom is -0.351 e. The first-order chi connectivity index (χ1) is 15.6. The highest BCUT2D eigenvalue weighted by Gasteiger charge is 2.46. The molecule has 1 aliphatic carbocycles. The molecule has 7 heteroatoms. The second-order valence-corrected chi connectivity index (χ2v) is 9.69. The molecule has 1 saturated carbocycles. The van der Waals surface area contributed by atoms with Gasteiger partial charge in [0.2, 0.25) is 11.8 Å². The van der Waals surface area contributed by atoms with E-state index in [1.165, 1.54) is 4.90 Å². The summed E-state index contributed by atoms with van der Waals surface area (Å²) in [7, 11) is 0. The maximum absolute atomic E-state index is 13.3. The largest absolute Gasteiger partial charge is 0.351 e. The van der Waals surface area contributed by atoms with Crippen molar-refractivity contribution in [3.05, 3.63) is 58.3 Å². The van der Waals surface area contributed by atoms with Crippen LogP contribution in [-0.4, -0.2) is 40.2 Å². The molecule has 1 aliphatic heterocycles. The minimum atomic E-state index is -0.177. The molecule has 4 rings (SSSR count). The number of imide groups is 1. The van der Waals surface area contributed by atoms with E-state index in [4.69, 9.17) is 0 Å². The fourth-order valence-electron chi connectivity index (χ4n) is 4.78. The van der Waals surface area contributed by atoms with Crippen molar-refractivity contribution in [1.29, 1.82) is 0 Å². The minimum absolute atomic E-state index is 0.00300. The van der Waals surface area contributed by atoms with Crippen molar-refractivity contribution >= 4 is 29.2 Å². The smallest absolute Gasteiger partial charge is 0.327 e. The van der Waals surface area contributed by atoms with Crippen LogP contribution in [0, 0.1) is 5.92 Å². The summed E-state index contributed by atoms with van der Waals surface area (Å²) in [5, 5.41) is 4.92. The van der Waals surface area contributed by atoms with Crippen molar-refractivity contribution in [3.63, 3.8) is 0 Å². The van der Waals surface area contributed by atoms with Crippen LogP contribution in [0.25, 0.3) is 0 Å². The number of carbonyl (C=O) groups excluding carboxylic acids is 3. The van der Waals surface area contributed by atoms with Gasteiger partial charge in [-0.1, -0.05) is 49.2 Å². The van der Waals surface area contributed by atoms with Gasteiger partial charge >= 0.3 is 6.03 Å². The first-order valence-corrected chi connectivity index (χ1v) is 12.5. The van der Waals surface area contributed by atoms with Gasteiger partial charge in [-0.05, 0) is 42.7 Å². The van der Waals surface area contributed by atoms with Gasteiger partial charge in [-0.2, -0.15) is 0 Å². The molecule has 1 N–H and O–H groups in total. The van der Waals surface area contributed by atoms with Crippen molar-refractivity contribution in [2.45, 2.75) is 64.1 Å². The number of rotatable bonds is 9. The summed E-state index contributed by atoms with van der Waals surface area (Å²) in [4.78, 5) is 43.0. The molecule has 2 fully saturated rings. The molecule has 0 spiro atoms. The van der Waals surface area contributed by atoms with E-state index in [-0.39, 0.29) is 29.8 Å². The maximum atomic E-state index is 13.3. The van der Waals surface area contributed by atoms with E-state index in [0.29, 0.717) is 38.9 Å². The standard InChI is InChI=1S/C25H31N3O3S/c29-23(26-17-20-11-8-16-32-20)14-6-7-15-27-24(30)21-12-4-5-13-22(21)28(25(27)31)18-19-9-2-1-3-10-19/h1-3,8-11,16,21-22H,4-7,12-15,17-18H2,(H,26,29). The molecular weight excluding hydrogens is 422 g/mol. The number of fused-ring (bicyclic) bond motifs is 1. The Morgan fingerprint density at radius 2 is 1.84 bits per heavy atom. The zero-order chi connectivity index (χ0) is 22.3. The summed E-state index contributed by atoms with van der Waals surface area (Å²) in [6.45, 7) is 1.47. The number of benzene rings is 1. The molecule has 1 aromatic heterocycles. The molecule has 2 atom stereocenters. The second kappa shape index (κ2) is 10.8. The quantitative estimate of drug-likeness (QED) is 0.566. The number of nitrogens with one attached hydrogen (secondary N) is 1. The number of hydrogen-bond donors (Lipinski definition) is 1. The van der Waals surface area contributed by atoms with Crippen LogP contribution in [0.4, 0.5) is 4.79 Å². The van der Waals surface area contributed by atoms with E-state index < -0.39 is 0 Å². The Morgan fingerprint density at radius 3 is 2.62 bits per heavy atom. The number of amides is 4. The van der Waals surface area contributed by atoms with Crippen LogP contribution < -0.4 is 5.32 Å². The van der Waals surface area contributed by atoms with Crippen molar-refractivity contribution in [2.24, 2.45) is 5.92 Å². The Kier molecular flexibility index (Phi) is 7.58. The predicted molar refractivity (Wildman–Crippen MR) is 125 cm³/mol. The molecule has 2 unspecified atom stereocenters. The Hall–Kier alpha value is -2.67. The number of hydrogen-bond acceptors (Lipinski definition) is 4.